The largest absolute Gasteiger partial charge is 0.364 e. The SMILES string of the molecule is CCCC(=O)Nc1cc(C(=O)N2C[C@H]3CC34C2=CC(=O)c2[nH]ccc24)n(COC)c1. The molecule has 156 valence electrons. The Kier molecular flexibility index (Phi) is 4.21. The lowest BCUT2D eigenvalue weighted by Gasteiger charge is -2.28. The molecule has 3 heterocycles. The summed E-state index contributed by atoms with van der Waals surface area (Å²) in [6.07, 6.45) is 7.24. The maximum Gasteiger partial charge on any atom is 0.274 e. The van der Waals surface area contributed by atoms with E-state index in [4.69, 9.17) is 4.74 Å². The number of aromatic amines is 1. The number of nitrogens with one attached hydrogen (secondary N) is 2. The summed E-state index contributed by atoms with van der Waals surface area (Å²) >= 11 is 0. The molecule has 0 bridgehead atoms. The molecule has 3 aliphatic rings. The molecule has 1 aliphatic heterocycles. The van der Waals surface area contributed by atoms with E-state index in [0.29, 0.717) is 36.0 Å². The number of hydrogen-bond acceptors (Lipinski definition) is 4. The summed E-state index contributed by atoms with van der Waals surface area (Å²) in [5.74, 6) is -0.0497. The van der Waals surface area contributed by atoms with Crippen LogP contribution >= 0.6 is 0 Å². The number of likely N-dealkylation sites (tertiary alicyclic amines) is 1. The second kappa shape index (κ2) is 6.70. The number of ether oxygens (including phenoxy) is 1. The molecular weight excluding hydrogens is 384 g/mol. The third-order valence-corrected chi connectivity index (χ3v) is 6.39. The van der Waals surface area contributed by atoms with Crippen molar-refractivity contribution in [2.45, 2.75) is 38.3 Å². The number of hydrogen-bond donors (Lipinski definition) is 2. The van der Waals surface area contributed by atoms with Crippen LogP contribution in [-0.4, -0.2) is 45.7 Å². The van der Waals surface area contributed by atoms with Crippen molar-refractivity contribution < 1.29 is 19.1 Å². The fourth-order valence-electron chi connectivity index (χ4n) is 5.02. The Bertz CT molecular complexity index is 1090. The van der Waals surface area contributed by atoms with E-state index in [0.717, 1.165) is 24.1 Å². The van der Waals surface area contributed by atoms with Crippen molar-refractivity contribution in [1.29, 1.82) is 0 Å². The number of anilines is 1. The molecule has 2 fully saturated rings. The van der Waals surface area contributed by atoms with Crippen molar-refractivity contribution in [3.05, 3.63) is 53.3 Å². The predicted octanol–water partition coefficient (Wildman–Crippen LogP) is 2.65. The normalized spacial score (nSPS) is 23.5. The van der Waals surface area contributed by atoms with Crippen LogP contribution in [0.4, 0.5) is 5.69 Å². The number of H-pyrrole nitrogens is 1. The lowest BCUT2D eigenvalue weighted by atomic mass is 9.85. The summed E-state index contributed by atoms with van der Waals surface area (Å²) in [5, 5.41) is 2.84. The Morgan fingerprint density at radius 3 is 3.00 bits per heavy atom. The molecule has 2 amide bonds. The van der Waals surface area contributed by atoms with Gasteiger partial charge < -0.3 is 24.5 Å². The molecular formula is C22H24N4O4. The van der Waals surface area contributed by atoms with Gasteiger partial charge in [-0.2, -0.15) is 0 Å². The van der Waals surface area contributed by atoms with Crippen molar-refractivity contribution >= 4 is 23.3 Å². The van der Waals surface area contributed by atoms with Crippen molar-refractivity contribution in [1.82, 2.24) is 14.5 Å². The second-order valence-corrected chi connectivity index (χ2v) is 8.25. The number of amides is 2. The van der Waals surface area contributed by atoms with E-state index in [9.17, 15) is 14.4 Å². The van der Waals surface area contributed by atoms with Crippen molar-refractivity contribution in [3.63, 3.8) is 0 Å². The second-order valence-electron chi connectivity index (χ2n) is 8.25. The molecule has 5 rings (SSSR count). The van der Waals surface area contributed by atoms with E-state index in [1.165, 1.54) is 0 Å². The Labute approximate surface area is 173 Å². The van der Waals surface area contributed by atoms with E-state index in [1.54, 1.807) is 41.1 Å². The Hall–Kier alpha value is -3.13. The molecule has 2 aromatic rings. The number of rotatable bonds is 6. The molecule has 0 aromatic carbocycles. The van der Waals surface area contributed by atoms with E-state index in [-0.39, 0.29) is 29.7 Å². The van der Waals surface area contributed by atoms with E-state index < -0.39 is 0 Å². The van der Waals surface area contributed by atoms with E-state index in [2.05, 4.69) is 10.3 Å². The number of methoxy groups -OCH3 is 1. The zero-order valence-corrected chi connectivity index (χ0v) is 17.0. The molecule has 2 atom stereocenters. The number of fused-ring (bicyclic) bond motifs is 1. The first-order chi connectivity index (χ1) is 14.5. The summed E-state index contributed by atoms with van der Waals surface area (Å²) in [6.45, 7) is 2.71. The minimum atomic E-state index is -0.226. The highest BCUT2D eigenvalue weighted by Crippen LogP contribution is 2.66. The van der Waals surface area contributed by atoms with Crippen molar-refractivity contribution in [2.75, 3.05) is 19.0 Å². The van der Waals surface area contributed by atoms with Crippen LogP contribution in [0.2, 0.25) is 0 Å². The monoisotopic (exact) mass is 408 g/mol. The minimum absolute atomic E-state index is 0.0898. The van der Waals surface area contributed by atoms with E-state index in [1.807, 2.05) is 13.0 Å². The van der Waals surface area contributed by atoms with Crippen LogP contribution in [0.1, 0.15) is 52.7 Å². The first-order valence-corrected chi connectivity index (χ1v) is 10.2. The molecule has 2 N–H and O–H groups in total. The summed E-state index contributed by atoms with van der Waals surface area (Å²) in [7, 11) is 1.55. The fourth-order valence-corrected chi connectivity index (χ4v) is 5.02. The fraction of sp³-hybridized carbons (Fsp3) is 0.409. The zero-order valence-electron chi connectivity index (χ0n) is 17.0. The quantitative estimate of drug-likeness (QED) is 0.768. The molecule has 30 heavy (non-hydrogen) atoms. The molecule has 1 saturated carbocycles. The van der Waals surface area contributed by atoms with Gasteiger partial charge in [-0.1, -0.05) is 6.92 Å². The number of ketones is 1. The summed E-state index contributed by atoms with van der Waals surface area (Å²) in [5.41, 5.74) is 3.19. The first-order valence-electron chi connectivity index (χ1n) is 10.2. The highest BCUT2D eigenvalue weighted by molar-refractivity contribution is 6.08. The van der Waals surface area contributed by atoms with E-state index >= 15 is 0 Å². The number of nitrogens with zero attached hydrogens (tertiary/aromatic N) is 2. The molecule has 1 saturated heterocycles. The molecule has 2 aromatic heterocycles. The molecule has 8 heteroatoms. The minimum Gasteiger partial charge on any atom is -0.364 e. The van der Waals surface area contributed by atoms with Gasteiger partial charge in [0.25, 0.3) is 5.91 Å². The highest BCUT2D eigenvalue weighted by atomic mass is 16.5. The number of carbonyl (C=O) groups is 3. The van der Waals surface area contributed by atoms with Crippen LogP contribution in [0, 0.1) is 5.92 Å². The van der Waals surface area contributed by atoms with Crippen LogP contribution < -0.4 is 5.32 Å². The van der Waals surface area contributed by atoms with Gasteiger partial charge in [0, 0.05) is 49.7 Å². The third-order valence-electron chi connectivity index (χ3n) is 6.39. The lowest BCUT2D eigenvalue weighted by molar-refractivity contribution is -0.116. The van der Waals surface area contributed by atoms with Gasteiger partial charge in [0.2, 0.25) is 11.7 Å². The van der Waals surface area contributed by atoms with Crippen LogP contribution in [0.25, 0.3) is 0 Å². The zero-order chi connectivity index (χ0) is 21.0. The van der Waals surface area contributed by atoms with Crippen LogP contribution in [0.5, 0.6) is 0 Å². The summed E-state index contributed by atoms with van der Waals surface area (Å²) in [6, 6.07) is 3.64. The van der Waals surface area contributed by atoms with Crippen molar-refractivity contribution in [2.24, 2.45) is 5.92 Å². The number of piperidine rings is 1. The maximum atomic E-state index is 13.5. The number of allylic oxidation sites excluding steroid dienone is 2. The van der Waals surface area contributed by atoms with Crippen molar-refractivity contribution in [3.8, 4) is 0 Å². The first kappa shape index (κ1) is 18.9. The standard InChI is InChI=1S/C22H24N4O4/c1-3-4-19(28)24-14-7-16(25(11-14)12-30-2)21(29)26-10-13-9-22(13)15-5-6-23-20(15)17(27)8-18(22)26/h5-8,11,13,23H,3-4,9-10,12H2,1-2H3,(H,24,28)/t13-,22?/m1/s1. The van der Waals surface area contributed by atoms with Gasteiger partial charge in [-0.05, 0) is 36.5 Å². The Morgan fingerprint density at radius 2 is 2.23 bits per heavy atom. The van der Waals surface area contributed by atoms with Gasteiger partial charge in [0.1, 0.15) is 12.4 Å². The number of carbonyl (C=O) groups excluding carboxylic acids is 3. The van der Waals surface area contributed by atoms with Gasteiger partial charge in [-0.3, -0.25) is 14.4 Å². The molecule has 2 aliphatic carbocycles. The molecule has 1 unspecified atom stereocenters. The van der Waals surface area contributed by atoms with Crippen LogP contribution in [0.3, 0.4) is 0 Å². The van der Waals surface area contributed by atoms with Gasteiger partial charge in [-0.15, -0.1) is 0 Å². The van der Waals surface area contributed by atoms with Gasteiger partial charge >= 0.3 is 0 Å². The maximum absolute atomic E-state index is 13.5. The van der Waals surface area contributed by atoms with Gasteiger partial charge in [0.15, 0.2) is 0 Å². The average Bonchev–Trinajstić information content (AvgIpc) is 3.08. The summed E-state index contributed by atoms with van der Waals surface area (Å²) in [4.78, 5) is 42.9. The molecule has 8 nitrogen and oxygen atoms in total. The molecule has 1 spiro atoms. The topological polar surface area (TPSA) is 96.4 Å². The third kappa shape index (κ3) is 2.60. The van der Waals surface area contributed by atoms with Crippen LogP contribution in [0.15, 0.2) is 36.3 Å². The summed E-state index contributed by atoms with van der Waals surface area (Å²) < 4.78 is 6.93. The molecule has 0 radical (unpaired) electrons. The average molecular weight is 408 g/mol. The van der Waals surface area contributed by atoms with Crippen LogP contribution in [-0.2, 0) is 21.7 Å². The lowest BCUT2D eigenvalue weighted by Crippen LogP contribution is -2.34. The Balaban J connectivity index is 1.47. The number of aromatic nitrogens is 2. The highest BCUT2D eigenvalue weighted by Gasteiger charge is 2.67. The predicted molar refractivity (Wildman–Crippen MR) is 109 cm³/mol. The van der Waals surface area contributed by atoms with Gasteiger partial charge in [-0.25, -0.2) is 0 Å². The smallest absolute Gasteiger partial charge is 0.274 e. The van der Waals surface area contributed by atoms with Gasteiger partial charge in [0.05, 0.1) is 11.4 Å². The Morgan fingerprint density at radius 1 is 1.40 bits per heavy atom.